The van der Waals surface area contributed by atoms with E-state index in [1.165, 1.54) is 22.7 Å². The lowest BCUT2D eigenvalue weighted by Crippen LogP contribution is -2.50. The average molecular weight is 422 g/mol. The van der Waals surface area contributed by atoms with Crippen LogP contribution in [0.25, 0.3) is 0 Å². The van der Waals surface area contributed by atoms with E-state index in [9.17, 15) is 4.79 Å². The lowest BCUT2D eigenvalue weighted by molar-refractivity contribution is 0.208. The van der Waals surface area contributed by atoms with Crippen molar-refractivity contribution < 1.29 is 4.79 Å². The molecule has 0 radical (unpaired) electrons. The Balaban J connectivity index is 1.31. The number of piperazine rings is 1. The third-order valence-corrected chi connectivity index (χ3v) is 6.23. The summed E-state index contributed by atoms with van der Waals surface area (Å²) < 4.78 is 4.53. The highest BCUT2D eigenvalue weighted by Crippen LogP contribution is 2.21. The van der Waals surface area contributed by atoms with Crippen LogP contribution in [0.5, 0.6) is 0 Å². The smallest absolute Gasteiger partial charge is 0.321 e. The topological polar surface area (TPSA) is 61.4 Å². The number of para-hydroxylation sites is 1. The van der Waals surface area contributed by atoms with E-state index in [0.717, 1.165) is 48.1 Å². The van der Waals surface area contributed by atoms with E-state index in [1.54, 1.807) is 0 Å². The second-order valence-corrected chi connectivity index (χ2v) is 8.30. The first-order chi connectivity index (χ1) is 14.6. The van der Waals surface area contributed by atoms with Crippen molar-refractivity contribution in [1.29, 1.82) is 0 Å². The number of aromatic nitrogens is 2. The van der Waals surface area contributed by atoms with Gasteiger partial charge in [0.2, 0.25) is 5.13 Å². The standard InChI is InChI=1S/C23H27N5OS/c1-3-19-6-4-5-7-20(19)24-22(29)27-12-14-28(15-13-27)23-25-21(26-30-23)16-18-10-8-17(2)9-11-18/h4-11H,3,12-16H2,1-2H3,(H,24,29). The van der Waals surface area contributed by atoms with Crippen LogP contribution in [0.1, 0.15) is 29.4 Å². The van der Waals surface area contributed by atoms with Gasteiger partial charge in [0.25, 0.3) is 0 Å². The van der Waals surface area contributed by atoms with E-state index >= 15 is 0 Å². The Morgan fingerprint density at radius 1 is 1.07 bits per heavy atom. The number of benzene rings is 2. The lowest BCUT2D eigenvalue weighted by Gasteiger charge is -2.34. The molecule has 6 nitrogen and oxygen atoms in total. The molecule has 30 heavy (non-hydrogen) atoms. The van der Waals surface area contributed by atoms with Gasteiger partial charge in [0.05, 0.1) is 0 Å². The summed E-state index contributed by atoms with van der Waals surface area (Å²) >= 11 is 1.44. The molecule has 4 rings (SSSR count). The lowest BCUT2D eigenvalue weighted by atomic mass is 10.1. The number of hydrogen-bond donors (Lipinski definition) is 1. The van der Waals surface area contributed by atoms with E-state index in [2.05, 4.69) is 58.8 Å². The minimum Gasteiger partial charge on any atom is -0.343 e. The normalized spacial score (nSPS) is 14.1. The third-order valence-electron chi connectivity index (χ3n) is 5.42. The maximum atomic E-state index is 12.7. The average Bonchev–Trinajstić information content (AvgIpc) is 3.24. The van der Waals surface area contributed by atoms with Crippen molar-refractivity contribution in [1.82, 2.24) is 14.3 Å². The molecule has 156 valence electrons. The molecule has 1 aromatic heterocycles. The number of hydrogen-bond acceptors (Lipinski definition) is 5. The summed E-state index contributed by atoms with van der Waals surface area (Å²) in [4.78, 5) is 21.5. The Morgan fingerprint density at radius 2 is 1.80 bits per heavy atom. The summed E-state index contributed by atoms with van der Waals surface area (Å²) in [6.45, 7) is 7.06. The maximum Gasteiger partial charge on any atom is 0.321 e. The first-order valence-corrected chi connectivity index (χ1v) is 11.2. The fourth-order valence-electron chi connectivity index (χ4n) is 3.58. The molecule has 1 aliphatic rings. The molecule has 0 aliphatic carbocycles. The largest absolute Gasteiger partial charge is 0.343 e. The summed E-state index contributed by atoms with van der Waals surface area (Å²) in [6, 6.07) is 16.4. The van der Waals surface area contributed by atoms with E-state index in [0.29, 0.717) is 13.1 Å². The Bertz CT molecular complexity index is 993. The molecular weight excluding hydrogens is 394 g/mol. The fraction of sp³-hybridized carbons (Fsp3) is 0.348. The third kappa shape index (κ3) is 4.79. The molecule has 1 saturated heterocycles. The Morgan fingerprint density at radius 3 is 2.53 bits per heavy atom. The number of aryl methyl sites for hydroxylation is 2. The van der Waals surface area contributed by atoms with Gasteiger partial charge in [-0.3, -0.25) is 0 Å². The Kier molecular flexibility index (Phi) is 6.28. The van der Waals surface area contributed by atoms with Gasteiger partial charge in [0.15, 0.2) is 0 Å². The molecule has 1 N–H and O–H groups in total. The highest BCUT2D eigenvalue weighted by molar-refractivity contribution is 7.09. The first kappa shape index (κ1) is 20.3. The van der Waals surface area contributed by atoms with Gasteiger partial charge in [-0.2, -0.15) is 4.37 Å². The molecule has 0 atom stereocenters. The minimum absolute atomic E-state index is 0.0344. The van der Waals surface area contributed by atoms with Crippen LogP contribution in [0.3, 0.4) is 0 Å². The number of anilines is 2. The fourth-order valence-corrected chi connectivity index (χ4v) is 4.32. The van der Waals surface area contributed by atoms with Gasteiger partial charge in [-0.1, -0.05) is 55.0 Å². The number of rotatable bonds is 5. The first-order valence-electron chi connectivity index (χ1n) is 10.4. The number of carbonyl (C=O) groups excluding carboxylic acids is 1. The molecular formula is C23H27N5OS. The van der Waals surface area contributed by atoms with Gasteiger partial charge in [-0.15, -0.1) is 0 Å². The van der Waals surface area contributed by atoms with Crippen LogP contribution < -0.4 is 10.2 Å². The van der Waals surface area contributed by atoms with E-state index < -0.39 is 0 Å². The van der Waals surface area contributed by atoms with E-state index in [4.69, 9.17) is 4.98 Å². The number of urea groups is 1. The molecule has 1 aliphatic heterocycles. The summed E-state index contributed by atoms with van der Waals surface area (Å²) in [5.74, 6) is 0.857. The maximum absolute atomic E-state index is 12.7. The van der Waals surface area contributed by atoms with Gasteiger partial charge in [0, 0.05) is 49.8 Å². The zero-order chi connectivity index (χ0) is 20.9. The van der Waals surface area contributed by atoms with Gasteiger partial charge in [-0.05, 0) is 30.5 Å². The number of nitrogens with one attached hydrogen (secondary N) is 1. The Hall–Kier alpha value is -2.93. The predicted octanol–water partition coefficient (Wildman–Crippen LogP) is 4.35. The molecule has 7 heteroatoms. The van der Waals surface area contributed by atoms with Gasteiger partial charge in [-0.25, -0.2) is 9.78 Å². The number of amides is 2. The van der Waals surface area contributed by atoms with E-state index in [1.807, 2.05) is 23.1 Å². The van der Waals surface area contributed by atoms with Crippen molar-refractivity contribution in [3.63, 3.8) is 0 Å². The van der Waals surface area contributed by atoms with Crippen molar-refractivity contribution in [2.24, 2.45) is 0 Å². The molecule has 0 unspecified atom stereocenters. The van der Waals surface area contributed by atoms with Gasteiger partial charge in [0.1, 0.15) is 5.82 Å². The Labute approximate surface area is 181 Å². The summed E-state index contributed by atoms with van der Waals surface area (Å²) in [5, 5.41) is 4.00. The highest BCUT2D eigenvalue weighted by atomic mass is 32.1. The highest BCUT2D eigenvalue weighted by Gasteiger charge is 2.23. The van der Waals surface area contributed by atoms with Crippen molar-refractivity contribution >= 4 is 28.4 Å². The summed E-state index contributed by atoms with van der Waals surface area (Å²) in [5.41, 5.74) is 4.53. The van der Waals surface area contributed by atoms with Crippen LogP contribution in [0, 0.1) is 6.92 Å². The second kappa shape index (κ2) is 9.26. The SMILES string of the molecule is CCc1ccccc1NC(=O)N1CCN(c2nc(Cc3ccc(C)cc3)ns2)CC1. The zero-order valence-electron chi connectivity index (χ0n) is 17.5. The van der Waals surface area contributed by atoms with Crippen molar-refractivity contribution in [2.75, 3.05) is 36.4 Å². The van der Waals surface area contributed by atoms with Gasteiger partial charge >= 0.3 is 6.03 Å². The molecule has 0 saturated carbocycles. The predicted molar refractivity (Wildman–Crippen MR) is 123 cm³/mol. The second-order valence-electron chi connectivity index (χ2n) is 7.57. The number of nitrogens with zero attached hydrogens (tertiary/aromatic N) is 4. The van der Waals surface area contributed by atoms with E-state index in [-0.39, 0.29) is 6.03 Å². The summed E-state index contributed by atoms with van der Waals surface area (Å²) in [6.07, 6.45) is 1.64. The minimum atomic E-state index is -0.0344. The van der Waals surface area contributed by atoms with Crippen LogP contribution in [-0.2, 0) is 12.8 Å². The van der Waals surface area contributed by atoms with Crippen molar-refractivity contribution in [3.8, 4) is 0 Å². The zero-order valence-corrected chi connectivity index (χ0v) is 18.3. The molecule has 2 aromatic carbocycles. The molecule has 2 heterocycles. The monoisotopic (exact) mass is 421 g/mol. The van der Waals surface area contributed by atoms with Crippen molar-refractivity contribution in [2.45, 2.75) is 26.7 Å². The molecule has 2 amide bonds. The quantitative estimate of drug-likeness (QED) is 0.665. The number of carbonyl (C=O) groups is 1. The molecule has 0 bridgehead atoms. The molecule has 1 fully saturated rings. The molecule has 3 aromatic rings. The van der Waals surface area contributed by atoms with Crippen LogP contribution in [0.15, 0.2) is 48.5 Å². The van der Waals surface area contributed by atoms with Crippen LogP contribution in [0.2, 0.25) is 0 Å². The van der Waals surface area contributed by atoms with Crippen LogP contribution in [-0.4, -0.2) is 46.5 Å². The molecule has 0 spiro atoms. The van der Waals surface area contributed by atoms with Gasteiger partial charge < -0.3 is 15.1 Å². The van der Waals surface area contributed by atoms with Crippen molar-refractivity contribution in [3.05, 3.63) is 71.0 Å². The van der Waals surface area contributed by atoms with Crippen LogP contribution >= 0.6 is 11.5 Å². The van der Waals surface area contributed by atoms with Crippen LogP contribution in [0.4, 0.5) is 15.6 Å². The summed E-state index contributed by atoms with van der Waals surface area (Å²) in [7, 11) is 0.